The minimum atomic E-state index is 0.741. The topological polar surface area (TPSA) is 25.8 Å². The Kier molecular flexibility index (Phi) is 5.68. The van der Waals surface area contributed by atoms with Gasteiger partial charge in [-0.15, -0.1) is 11.3 Å². The first-order valence-electron chi connectivity index (χ1n) is 13.8. The second-order valence-corrected chi connectivity index (χ2v) is 11.3. The summed E-state index contributed by atoms with van der Waals surface area (Å²) >= 11 is 1.79. The quantitative estimate of drug-likeness (QED) is 0.222. The fourth-order valence-electron chi connectivity index (χ4n) is 5.64. The molecule has 0 N–H and O–H groups in total. The summed E-state index contributed by atoms with van der Waals surface area (Å²) in [6.45, 7) is 0. The van der Waals surface area contributed by atoms with Gasteiger partial charge in [-0.05, 0) is 45.2 Å². The molecule has 0 aliphatic carbocycles. The predicted octanol–water partition coefficient (Wildman–Crippen LogP) is 10.7. The van der Waals surface area contributed by atoms with Gasteiger partial charge in [0.05, 0.1) is 15.9 Å². The largest absolute Gasteiger partial charge is 0.226 e. The number of benzene rings is 6. The molecule has 0 atom stereocenters. The van der Waals surface area contributed by atoms with Gasteiger partial charge >= 0.3 is 0 Å². The third kappa shape index (κ3) is 4.19. The summed E-state index contributed by atoms with van der Waals surface area (Å²) in [7, 11) is 0. The molecule has 192 valence electrons. The van der Waals surface area contributed by atoms with Crippen LogP contribution in [0.4, 0.5) is 0 Å². The van der Waals surface area contributed by atoms with Crippen molar-refractivity contribution in [3.63, 3.8) is 0 Å². The minimum absolute atomic E-state index is 0.741. The lowest BCUT2D eigenvalue weighted by atomic mass is 9.98. The van der Waals surface area contributed by atoms with Crippen LogP contribution in [-0.2, 0) is 0 Å². The van der Waals surface area contributed by atoms with E-state index in [1.165, 1.54) is 37.5 Å². The molecule has 0 amide bonds. The van der Waals surface area contributed by atoms with Crippen LogP contribution in [0.2, 0.25) is 0 Å². The molecule has 0 spiro atoms. The molecule has 8 aromatic rings. The van der Waals surface area contributed by atoms with Gasteiger partial charge in [-0.25, -0.2) is 9.97 Å². The number of thiophene rings is 1. The predicted molar refractivity (Wildman–Crippen MR) is 174 cm³/mol. The van der Waals surface area contributed by atoms with Crippen LogP contribution >= 0.6 is 11.3 Å². The molecule has 0 aliphatic rings. The molecule has 2 nitrogen and oxygen atoms in total. The fraction of sp³-hybridized carbons (Fsp3) is 0. The van der Waals surface area contributed by atoms with Gasteiger partial charge in [-0.2, -0.15) is 0 Å². The first-order chi connectivity index (χ1) is 20.3. The second kappa shape index (κ2) is 9.81. The van der Waals surface area contributed by atoms with Crippen LogP contribution in [0, 0.1) is 0 Å². The molecule has 0 unspecified atom stereocenters. The molecule has 0 radical (unpaired) electrons. The number of hydrogen-bond donors (Lipinski definition) is 0. The Balaban J connectivity index is 1.33. The number of fused-ring (bicyclic) bond motifs is 5. The number of hydrogen-bond acceptors (Lipinski definition) is 3. The Morgan fingerprint density at radius 3 is 1.73 bits per heavy atom. The van der Waals surface area contributed by atoms with E-state index in [0.717, 1.165) is 38.4 Å². The van der Waals surface area contributed by atoms with Crippen LogP contribution in [-0.4, -0.2) is 9.97 Å². The van der Waals surface area contributed by atoms with Crippen LogP contribution < -0.4 is 0 Å². The molecular formula is C38H24N2S. The Morgan fingerprint density at radius 2 is 0.976 bits per heavy atom. The third-order valence-corrected chi connectivity index (χ3v) is 8.91. The summed E-state index contributed by atoms with van der Waals surface area (Å²) in [6, 6.07) is 51.3. The van der Waals surface area contributed by atoms with Crippen LogP contribution in [0.15, 0.2) is 146 Å². The smallest absolute Gasteiger partial charge is 0.160 e. The minimum Gasteiger partial charge on any atom is -0.226 e. The van der Waals surface area contributed by atoms with Crippen LogP contribution in [0.5, 0.6) is 0 Å². The number of rotatable bonds is 4. The summed E-state index contributed by atoms with van der Waals surface area (Å²) in [5, 5.41) is 3.68. The van der Waals surface area contributed by atoms with E-state index in [-0.39, 0.29) is 0 Å². The van der Waals surface area contributed by atoms with Crippen LogP contribution in [0.1, 0.15) is 0 Å². The van der Waals surface area contributed by atoms with Gasteiger partial charge in [0, 0.05) is 21.2 Å². The van der Waals surface area contributed by atoms with Gasteiger partial charge in [0.2, 0.25) is 0 Å². The average Bonchev–Trinajstić information content (AvgIpc) is 3.44. The average molecular weight is 541 g/mol. The first-order valence-corrected chi connectivity index (χ1v) is 14.6. The Morgan fingerprint density at radius 1 is 0.390 bits per heavy atom. The summed E-state index contributed by atoms with van der Waals surface area (Å²) in [4.78, 5) is 10.4. The van der Waals surface area contributed by atoms with Crippen molar-refractivity contribution in [2.24, 2.45) is 0 Å². The molecule has 41 heavy (non-hydrogen) atoms. The lowest BCUT2D eigenvalue weighted by Crippen LogP contribution is -1.94. The van der Waals surface area contributed by atoms with Gasteiger partial charge < -0.3 is 0 Å². The highest BCUT2D eigenvalue weighted by molar-refractivity contribution is 7.27. The van der Waals surface area contributed by atoms with Gasteiger partial charge in [0.15, 0.2) is 5.82 Å². The molecule has 8 rings (SSSR count). The van der Waals surface area contributed by atoms with Crippen molar-refractivity contribution in [3.8, 4) is 44.9 Å². The first kappa shape index (κ1) is 23.7. The summed E-state index contributed by atoms with van der Waals surface area (Å²) < 4.78 is 2.38. The Labute approximate surface area is 242 Å². The molecule has 0 saturated heterocycles. The zero-order chi connectivity index (χ0) is 27.2. The number of nitrogens with zero attached hydrogens (tertiary/aromatic N) is 2. The van der Waals surface area contributed by atoms with Crippen molar-refractivity contribution >= 4 is 42.4 Å². The number of aromatic nitrogens is 2. The van der Waals surface area contributed by atoms with Crippen molar-refractivity contribution in [1.29, 1.82) is 0 Å². The summed E-state index contributed by atoms with van der Waals surface area (Å²) in [5.41, 5.74) is 8.83. The summed E-state index contributed by atoms with van der Waals surface area (Å²) in [6.07, 6.45) is 0. The van der Waals surface area contributed by atoms with Crippen LogP contribution in [0.3, 0.4) is 0 Å². The van der Waals surface area contributed by atoms with Gasteiger partial charge in [-0.3, -0.25) is 0 Å². The maximum absolute atomic E-state index is 5.23. The summed E-state index contributed by atoms with van der Waals surface area (Å²) in [5.74, 6) is 0.741. The van der Waals surface area contributed by atoms with E-state index in [4.69, 9.17) is 9.97 Å². The van der Waals surface area contributed by atoms with E-state index < -0.39 is 0 Å². The fourth-order valence-corrected chi connectivity index (χ4v) is 6.93. The van der Waals surface area contributed by atoms with Crippen molar-refractivity contribution < 1.29 is 0 Å². The van der Waals surface area contributed by atoms with E-state index in [1.54, 1.807) is 11.3 Å². The zero-order valence-corrected chi connectivity index (χ0v) is 23.0. The van der Waals surface area contributed by atoms with Crippen molar-refractivity contribution in [1.82, 2.24) is 9.97 Å². The molecular weight excluding hydrogens is 516 g/mol. The van der Waals surface area contributed by atoms with E-state index >= 15 is 0 Å². The standard InChI is InChI=1S/C38H24N2S/c1-3-11-25(12-4-1)28-16-9-17-29(23-28)30-18-10-19-31(24-30)38-39-34(27-14-5-2-6-15-27)37-35(40-38)33-22-21-26-13-7-8-20-32(26)36(33)41-37/h1-24H. The third-order valence-electron chi connectivity index (χ3n) is 7.68. The van der Waals surface area contributed by atoms with Gasteiger partial charge in [0.1, 0.15) is 0 Å². The van der Waals surface area contributed by atoms with Crippen molar-refractivity contribution in [3.05, 3.63) is 146 Å². The second-order valence-electron chi connectivity index (χ2n) is 10.2. The highest BCUT2D eigenvalue weighted by atomic mass is 32.1. The molecule has 0 fully saturated rings. The monoisotopic (exact) mass is 540 g/mol. The molecule has 0 bridgehead atoms. The normalized spacial score (nSPS) is 11.4. The molecule has 2 aromatic heterocycles. The molecule has 6 aromatic carbocycles. The molecule has 0 saturated carbocycles. The Bertz CT molecular complexity index is 2200. The maximum Gasteiger partial charge on any atom is 0.160 e. The highest BCUT2D eigenvalue weighted by Gasteiger charge is 2.18. The zero-order valence-electron chi connectivity index (χ0n) is 22.2. The van der Waals surface area contributed by atoms with E-state index in [1.807, 2.05) is 6.07 Å². The molecule has 2 heterocycles. The molecule has 0 aliphatic heterocycles. The Hall–Kier alpha value is -5.12. The van der Waals surface area contributed by atoms with Gasteiger partial charge in [0.25, 0.3) is 0 Å². The lowest BCUT2D eigenvalue weighted by molar-refractivity contribution is 1.24. The lowest BCUT2D eigenvalue weighted by Gasteiger charge is -2.10. The van der Waals surface area contributed by atoms with E-state index in [2.05, 4.69) is 140 Å². The van der Waals surface area contributed by atoms with Crippen LogP contribution in [0.25, 0.3) is 76.0 Å². The SMILES string of the molecule is c1ccc(-c2cccc(-c3cccc(-c4nc(-c5ccccc5)c5sc6c7ccccc7ccc6c5n4)c3)c2)cc1. The van der Waals surface area contributed by atoms with Gasteiger partial charge in [-0.1, -0.05) is 133 Å². The van der Waals surface area contributed by atoms with Crippen molar-refractivity contribution in [2.45, 2.75) is 0 Å². The highest BCUT2D eigenvalue weighted by Crippen LogP contribution is 2.42. The maximum atomic E-state index is 5.23. The van der Waals surface area contributed by atoms with E-state index in [9.17, 15) is 0 Å². The van der Waals surface area contributed by atoms with Crippen molar-refractivity contribution in [2.75, 3.05) is 0 Å². The van der Waals surface area contributed by atoms with E-state index in [0.29, 0.717) is 0 Å². The molecule has 3 heteroatoms.